The third kappa shape index (κ3) is 5.81. The molecule has 0 unspecified atom stereocenters. The fraction of sp³-hybridized carbons (Fsp3) is 0.156. The molecule has 0 saturated carbocycles. The maximum atomic E-state index is 4.07. The molecule has 0 aromatic heterocycles. The average Bonchev–Trinajstić information content (AvgIpc) is 3.02. The van der Waals surface area contributed by atoms with E-state index in [4.69, 9.17) is 0 Å². The van der Waals surface area contributed by atoms with Gasteiger partial charge in [0.25, 0.3) is 0 Å². The summed E-state index contributed by atoms with van der Waals surface area (Å²) in [4.78, 5) is 0. The maximum absolute atomic E-state index is 4.07. The second-order valence-corrected chi connectivity index (χ2v) is 12.7. The van der Waals surface area contributed by atoms with Crippen LogP contribution in [0.4, 0.5) is 0 Å². The zero-order valence-corrected chi connectivity index (χ0v) is 27.7. The van der Waals surface area contributed by atoms with E-state index < -0.39 is 0 Å². The van der Waals surface area contributed by atoms with E-state index in [0.717, 1.165) is 0 Å². The molecule has 6 aromatic rings. The first-order valence-electron chi connectivity index (χ1n) is 15.9. The minimum absolute atomic E-state index is 1.18. The summed E-state index contributed by atoms with van der Waals surface area (Å²) < 4.78 is 0. The van der Waals surface area contributed by atoms with Crippen LogP contribution in [-0.4, -0.2) is 0 Å². The van der Waals surface area contributed by atoms with Crippen LogP contribution in [0.15, 0.2) is 116 Å². The van der Waals surface area contributed by atoms with Crippen molar-refractivity contribution in [3.8, 4) is 55.6 Å². The quantitative estimate of drug-likeness (QED) is 0.183. The summed E-state index contributed by atoms with van der Waals surface area (Å²) >= 11 is 0. The summed E-state index contributed by atoms with van der Waals surface area (Å²) in [5, 5.41) is 0. The zero-order chi connectivity index (χ0) is 31.8. The molecule has 0 aliphatic rings. The van der Waals surface area contributed by atoms with E-state index in [1.54, 1.807) is 0 Å². The smallest absolute Gasteiger partial charge is 0.0109 e. The van der Waals surface area contributed by atoms with E-state index in [9.17, 15) is 0 Å². The highest BCUT2D eigenvalue weighted by Crippen LogP contribution is 2.38. The topological polar surface area (TPSA) is 0 Å². The van der Waals surface area contributed by atoms with Crippen molar-refractivity contribution in [3.63, 3.8) is 0 Å². The van der Waals surface area contributed by atoms with Crippen LogP contribution in [0, 0.1) is 48.5 Å². The van der Waals surface area contributed by atoms with Gasteiger partial charge in [0.1, 0.15) is 0 Å². The van der Waals surface area contributed by atoms with Crippen molar-refractivity contribution in [3.05, 3.63) is 160 Å². The van der Waals surface area contributed by atoms with Crippen LogP contribution < -0.4 is 0 Å². The zero-order valence-electron chi connectivity index (χ0n) is 27.7. The molecule has 222 valence electrons. The van der Waals surface area contributed by atoms with Gasteiger partial charge in [-0.25, -0.2) is 0 Å². The van der Waals surface area contributed by atoms with Gasteiger partial charge in [0.2, 0.25) is 0 Å². The van der Waals surface area contributed by atoms with Crippen molar-refractivity contribution in [2.24, 2.45) is 0 Å². The summed E-state index contributed by atoms with van der Waals surface area (Å²) in [5.74, 6) is 0. The Bertz CT molecular complexity index is 2090. The molecule has 0 atom stereocenters. The summed E-state index contributed by atoms with van der Waals surface area (Å²) in [7, 11) is 0. The van der Waals surface area contributed by atoms with Gasteiger partial charge >= 0.3 is 0 Å². The number of hydrogen-bond donors (Lipinski definition) is 0. The third-order valence-corrected chi connectivity index (χ3v) is 9.43. The van der Waals surface area contributed by atoms with Gasteiger partial charge in [-0.3, -0.25) is 0 Å². The molecular weight excluding hydrogens is 540 g/mol. The van der Waals surface area contributed by atoms with Crippen LogP contribution in [-0.2, 0) is 0 Å². The standard InChI is InChI=1S/C45H42/c1-9-35-23-30(4)31(5)26-45(35)37-18-20-42(33(7)25-37)41-19-17-36(24-32(41)6)38-21-28(2)22-39(27-38)43-15-12-16-44(34(43)8)40-14-11-10-13-29(40)3/h9-27H,1H2,2-8H3. The minimum Gasteiger partial charge on any atom is -0.0984 e. The van der Waals surface area contributed by atoms with Crippen LogP contribution in [0.2, 0.25) is 0 Å². The molecule has 0 spiro atoms. The molecule has 0 nitrogen and oxygen atoms in total. The Morgan fingerprint density at radius 3 is 1.64 bits per heavy atom. The Hall–Kier alpha value is -4.94. The molecule has 45 heavy (non-hydrogen) atoms. The molecule has 0 N–H and O–H groups in total. The molecule has 6 rings (SSSR count). The van der Waals surface area contributed by atoms with Crippen molar-refractivity contribution < 1.29 is 0 Å². The molecule has 0 amide bonds. The molecule has 0 aliphatic carbocycles. The highest BCUT2D eigenvalue weighted by Gasteiger charge is 2.14. The third-order valence-electron chi connectivity index (χ3n) is 9.43. The summed E-state index contributed by atoms with van der Waals surface area (Å²) in [5.41, 5.74) is 22.9. The molecule has 0 aliphatic heterocycles. The van der Waals surface area contributed by atoms with Crippen molar-refractivity contribution >= 4 is 6.08 Å². The SMILES string of the molecule is C=Cc1cc(C)c(C)cc1-c1ccc(-c2ccc(-c3cc(C)cc(-c4cccc(-c5ccccc5C)c4C)c3)cc2C)c(C)c1. The van der Waals surface area contributed by atoms with E-state index >= 15 is 0 Å². The van der Waals surface area contributed by atoms with Crippen molar-refractivity contribution in [1.82, 2.24) is 0 Å². The summed E-state index contributed by atoms with van der Waals surface area (Å²) in [6.45, 7) is 19.5. The van der Waals surface area contributed by atoms with E-state index in [2.05, 4.69) is 164 Å². The lowest BCUT2D eigenvalue weighted by atomic mass is 9.88. The first-order chi connectivity index (χ1) is 21.6. The Morgan fingerprint density at radius 1 is 0.378 bits per heavy atom. The lowest BCUT2D eigenvalue weighted by molar-refractivity contribution is 1.33. The molecule has 0 fully saturated rings. The largest absolute Gasteiger partial charge is 0.0984 e. The van der Waals surface area contributed by atoms with Gasteiger partial charge in [0.05, 0.1) is 0 Å². The van der Waals surface area contributed by atoms with Gasteiger partial charge in [-0.1, -0.05) is 116 Å². The number of aryl methyl sites for hydroxylation is 6. The van der Waals surface area contributed by atoms with Crippen molar-refractivity contribution in [2.75, 3.05) is 0 Å². The minimum atomic E-state index is 1.18. The van der Waals surface area contributed by atoms with Crippen LogP contribution in [0.1, 0.15) is 44.5 Å². The maximum Gasteiger partial charge on any atom is -0.0109 e. The Morgan fingerprint density at radius 2 is 0.956 bits per heavy atom. The van der Waals surface area contributed by atoms with E-state index in [1.165, 1.54) is 100 Å². The van der Waals surface area contributed by atoms with Gasteiger partial charge in [0, 0.05) is 0 Å². The number of hydrogen-bond acceptors (Lipinski definition) is 0. The van der Waals surface area contributed by atoms with Gasteiger partial charge in [-0.15, -0.1) is 0 Å². The highest BCUT2D eigenvalue weighted by atomic mass is 14.2. The normalized spacial score (nSPS) is 11.1. The Balaban J connectivity index is 1.35. The fourth-order valence-electron chi connectivity index (χ4n) is 6.76. The second kappa shape index (κ2) is 12.2. The molecule has 0 heteroatoms. The van der Waals surface area contributed by atoms with Gasteiger partial charge < -0.3 is 0 Å². The molecule has 0 radical (unpaired) electrons. The monoisotopic (exact) mass is 582 g/mol. The van der Waals surface area contributed by atoms with Gasteiger partial charge in [0.15, 0.2) is 0 Å². The summed E-state index contributed by atoms with van der Waals surface area (Å²) in [6, 6.07) is 40.6. The Kier molecular flexibility index (Phi) is 8.17. The first kappa shape index (κ1) is 30.1. The second-order valence-electron chi connectivity index (χ2n) is 12.7. The molecule has 6 aromatic carbocycles. The average molecular weight is 583 g/mol. The summed E-state index contributed by atoms with van der Waals surface area (Å²) in [6.07, 6.45) is 1.97. The lowest BCUT2D eigenvalue weighted by Crippen LogP contribution is -1.93. The highest BCUT2D eigenvalue weighted by molar-refractivity contribution is 5.84. The van der Waals surface area contributed by atoms with E-state index in [0.29, 0.717) is 0 Å². The first-order valence-corrected chi connectivity index (χ1v) is 15.9. The van der Waals surface area contributed by atoms with E-state index in [1.807, 2.05) is 6.08 Å². The fourth-order valence-corrected chi connectivity index (χ4v) is 6.76. The van der Waals surface area contributed by atoms with Crippen LogP contribution in [0.3, 0.4) is 0 Å². The number of benzene rings is 6. The molecule has 0 saturated heterocycles. The van der Waals surface area contributed by atoms with Gasteiger partial charge in [-0.2, -0.15) is 0 Å². The molecular formula is C45H42. The van der Waals surface area contributed by atoms with Crippen molar-refractivity contribution in [1.29, 1.82) is 0 Å². The predicted octanol–water partition coefficient (Wildman–Crippen LogP) is 12.8. The number of rotatable bonds is 6. The van der Waals surface area contributed by atoms with E-state index in [-0.39, 0.29) is 0 Å². The van der Waals surface area contributed by atoms with Gasteiger partial charge in [-0.05, 0) is 155 Å². The molecule has 0 heterocycles. The van der Waals surface area contributed by atoms with Crippen LogP contribution in [0.25, 0.3) is 61.7 Å². The predicted molar refractivity (Wildman–Crippen MR) is 197 cm³/mol. The van der Waals surface area contributed by atoms with Crippen LogP contribution >= 0.6 is 0 Å². The van der Waals surface area contributed by atoms with Crippen LogP contribution in [0.5, 0.6) is 0 Å². The van der Waals surface area contributed by atoms with Crippen molar-refractivity contribution in [2.45, 2.75) is 48.5 Å². The Labute approximate surface area is 269 Å². The lowest BCUT2D eigenvalue weighted by Gasteiger charge is -2.17. The molecule has 0 bridgehead atoms.